The normalized spacial score (nSPS) is 9.77. The van der Waals surface area contributed by atoms with Gasteiger partial charge in [0.25, 0.3) is 0 Å². The molecular weight excluding hydrogens is 171 g/mol. The van der Waals surface area contributed by atoms with Crippen LogP contribution in [-0.4, -0.2) is 13.2 Å². The summed E-state index contributed by atoms with van der Waals surface area (Å²) in [5, 5.41) is 0. The minimum atomic E-state index is -0.481. The van der Waals surface area contributed by atoms with Gasteiger partial charge in [0.1, 0.15) is 5.75 Å². The highest BCUT2D eigenvalue weighted by Gasteiger charge is 2.04. The Bertz CT molecular complexity index is 274. The second-order valence-corrected chi connectivity index (χ2v) is 2.38. The molecule has 0 heterocycles. The monoisotopic (exact) mass is 183 g/mol. The Kier molecular flexibility index (Phi) is 3.55. The first-order chi connectivity index (χ1) is 6.27. The Morgan fingerprint density at radius 3 is 2.62 bits per heavy atom. The molecule has 0 bridgehead atoms. The minimum absolute atomic E-state index is 0.188. The van der Waals surface area contributed by atoms with Crippen LogP contribution in [0.4, 0.5) is 4.39 Å². The molecule has 1 rings (SSSR count). The molecule has 0 aliphatic heterocycles. The molecule has 0 spiro atoms. The summed E-state index contributed by atoms with van der Waals surface area (Å²) in [5.41, 5.74) is 0. The van der Waals surface area contributed by atoms with Gasteiger partial charge in [0, 0.05) is 12.1 Å². The summed E-state index contributed by atoms with van der Waals surface area (Å²) in [6.45, 7) is 4.64. The lowest BCUT2D eigenvalue weighted by Gasteiger charge is -2.07. The maximum Gasteiger partial charge on any atom is 0.173 e. The molecule has 3 heteroatoms. The van der Waals surface area contributed by atoms with Crippen LogP contribution >= 0.6 is 0 Å². The topological polar surface area (TPSA) is 18.5 Å². The molecule has 13 heavy (non-hydrogen) atoms. The first-order valence-electron chi connectivity index (χ1n) is 4.24. The van der Waals surface area contributed by atoms with Gasteiger partial charge in [-0.05, 0) is 19.9 Å². The van der Waals surface area contributed by atoms with Gasteiger partial charge >= 0.3 is 0 Å². The van der Waals surface area contributed by atoms with Crippen molar-refractivity contribution in [3.8, 4) is 11.5 Å². The van der Waals surface area contributed by atoms with E-state index in [9.17, 15) is 4.39 Å². The summed E-state index contributed by atoms with van der Waals surface area (Å²) in [4.78, 5) is 0. The maximum absolute atomic E-state index is 13.0. The van der Waals surface area contributed by atoms with Crippen LogP contribution in [0.1, 0.15) is 13.8 Å². The van der Waals surface area contributed by atoms with Crippen molar-refractivity contribution in [2.24, 2.45) is 0 Å². The number of hydrogen-bond acceptors (Lipinski definition) is 2. The van der Waals surface area contributed by atoms with Crippen molar-refractivity contribution in [3.63, 3.8) is 0 Å². The van der Waals surface area contributed by atoms with Crippen LogP contribution in [0.15, 0.2) is 12.1 Å². The summed E-state index contributed by atoms with van der Waals surface area (Å²) in [7, 11) is 0. The molecule has 0 unspecified atom stereocenters. The van der Waals surface area contributed by atoms with E-state index in [1.807, 2.05) is 6.92 Å². The zero-order valence-corrected chi connectivity index (χ0v) is 7.76. The molecule has 0 fully saturated rings. The number of rotatable bonds is 4. The number of halogens is 1. The quantitative estimate of drug-likeness (QED) is 0.713. The highest BCUT2D eigenvalue weighted by molar-refractivity contribution is 5.33. The van der Waals surface area contributed by atoms with Crippen molar-refractivity contribution >= 4 is 0 Å². The van der Waals surface area contributed by atoms with Gasteiger partial charge < -0.3 is 9.47 Å². The van der Waals surface area contributed by atoms with Crippen molar-refractivity contribution < 1.29 is 13.9 Å². The van der Waals surface area contributed by atoms with E-state index in [2.05, 4.69) is 6.07 Å². The summed E-state index contributed by atoms with van der Waals surface area (Å²) >= 11 is 0. The number of hydrogen-bond donors (Lipinski definition) is 0. The largest absolute Gasteiger partial charge is 0.494 e. The molecule has 0 saturated carbocycles. The maximum atomic E-state index is 13.0. The van der Waals surface area contributed by atoms with Gasteiger partial charge in [-0.15, -0.1) is 0 Å². The lowest BCUT2D eigenvalue weighted by atomic mass is 10.3. The van der Waals surface area contributed by atoms with Crippen LogP contribution in [0.5, 0.6) is 11.5 Å². The fraction of sp³-hybridized carbons (Fsp3) is 0.400. The van der Waals surface area contributed by atoms with E-state index in [1.165, 1.54) is 12.1 Å². The third-order valence-electron chi connectivity index (χ3n) is 1.44. The molecule has 0 N–H and O–H groups in total. The van der Waals surface area contributed by atoms with E-state index in [4.69, 9.17) is 9.47 Å². The van der Waals surface area contributed by atoms with Crippen LogP contribution in [-0.2, 0) is 0 Å². The minimum Gasteiger partial charge on any atom is -0.494 e. The van der Waals surface area contributed by atoms with Gasteiger partial charge in [0.05, 0.1) is 13.2 Å². The molecule has 0 saturated heterocycles. The van der Waals surface area contributed by atoms with E-state index in [0.717, 1.165) is 0 Å². The van der Waals surface area contributed by atoms with Gasteiger partial charge in [0.15, 0.2) is 11.6 Å². The molecule has 1 aromatic rings. The third-order valence-corrected chi connectivity index (χ3v) is 1.44. The standard InChI is InChI=1S/C10H12FO2/c1-3-12-8-5-6-9(11)10(7-8)13-4-2/h5,7H,3-4H2,1-2H3. The van der Waals surface area contributed by atoms with Crippen LogP contribution in [0.3, 0.4) is 0 Å². The molecular formula is C10H12FO2. The number of ether oxygens (including phenoxy) is 2. The first kappa shape index (κ1) is 9.84. The predicted molar refractivity (Wildman–Crippen MR) is 47.6 cm³/mol. The summed E-state index contributed by atoms with van der Waals surface area (Å²) < 4.78 is 23.2. The second kappa shape index (κ2) is 4.70. The van der Waals surface area contributed by atoms with Gasteiger partial charge in [-0.2, -0.15) is 0 Å². The second-order valence-electron chi connectivity index (χ2n) is 2.38. The third kappa shape index (κ3) is 2.61. The van der Waals surface area contributed by atoms with Crippen LogP contribution < -0.4 is 9.47 Å². The first-order valence-corrected chi connectivity index (χ1v) is 4.24. The van der Waals surface area contributed by atoms with Gasteiger partial charge in [-0.25, -0.2) is 4.39 Å². The van der Waals surface area contributed by atoms with E-state index in [-0.39, 0.29) is 5.75 Å². The fourth-order valence-corrected chi connectivity index (χ4v) is 0.950. The molecule has 2 nitrogen and oxygen atoms in total. The van der Waals surface area contributed by atoms with E-state index in [1.54, 1.807) is 6.92 Å². The number of benzene rings is 1. The Morgan fingerprint density at radius 2 is 2.00 bits per heavy atom. The molecule has 0 aliphatic carbocycles. The van der Waals surface area contributed by atoms with Gasteiger partial charge in [0.2, 0.25) is 0 Å². The van der Waals surface area contributed by atoms with Crippen molar-refractivity contribution in [1.82, 2.24) is 0 Å². The Labute approximate surface area is 77.3 Å². The lowest BCUT2D eigenvalue weighted by molar-refractivity contribution is 0.309. The zero-order chi connectivity index (χ0) is 9.68. The molecule has 0 aliphatic rings. The van der Waals surface area contributed by atoms with Crippen LogP contribution in [0.25, 0.3) is 0 Å². The molecule has 0 atom stereocenters. The summed E-state index contributed by atoms with van der Waals surface area (Å²) in [6.07, 6.45) is 0. The summed E-state index contributed by atoms with van der Waals surface area (Å²) in [5.74, 6) is 0.283. The SMILES string of the molecule is CCOc1c[c]c(F)c(OCC)c1. The van der Waals surface area contributed by atoms with Crippen LogP contribution in [0.2, 0.25) is 0 Å². The van der Waals surface area contributed by atoms with Crippen molar-refractivity contribution in [2.75, 3.05) is 13.2 Å². The molecule has 1 radical (unpaired) electrons. The Morgan fingerprint density at radius 1 is 1.31 bits per heavy atom. The Balaban J connectivity index is 2.83. The fourth-order valence-electron chi connectivity index (χ4n) is 0.950. The molecule has 0 amide bonds. The van der Waals surface area contributed by atoms with E-state index in [0.29, 0.717) is 19.0 Å². The lowest BCUT2D eigenvalue weighted by Crippen LogP contribution is -1.97. The highest BCUT2D eigenvalue weighted by atomic mass is 19.1. The van der Waals surface area contributed by atoms with E-state index < -0.39 is 5.82 Å². The Hall–Kier alpha value is -1.25. The smallest absolute Gasteiger partial charge is 0.173 e. The average Bonchev–Trinajstić information content (AvgIpc) is 2.12. The zero-order valence-electron chi connectivity index (χ0n) is 7.76. The highest BCUT2D eigenvalue weighted by Crippen LogP contribution is 2.22. The van der Waals surface area contributed by atoms with Crippen molar-refractivity contribution in [3.05, 3.63) is 24.0 Å². The van der Waals surface area contributed by atoms with Gasteiger partial charge in [-0.3, -0.25) is 0 Å². The van der Waals surface area contributed by atoms with Crippen molar-refractivity contribution in [2.45, 2.75) is 13.8 Å². The van der Waals surface area contributed by atoms with Crippen molar-refractivity contribution in [1.29, 1.82) is 0 Å². The van der Waals surface area contributed by atoms with Gasteiger partial charge in [-0.1, -0.05) is 0 Å². The molecule has 1 aromatic carbocycles. The predicted octanol–water partition coefficient (Wildman–Crippen LogP) is 2.42. The molecule has 0 aromatic heterocycles. The van der Waals surface area contributed by atoms with Crippen LogP contribution in [0, 0.1) is 11.9 Å². The van der Waals surface area contributed by atoms with E-state index >= 15 is 0 Å². The average molecular weight is 183 g/mol. The summed E-state index contributed by atoms with van der Waals surface area (Å²) in [6, 6.07) is 5.41. The molecule has 71 valence electrons.